The molecule has 1 aliphatic heterocycles. The number of amides is 1. The summed E-state index contributed by atoms with van der Waals surface area (Å²) in [6, 6.07) is 5.46. The first-order valence-electron chi connectivity index (χ1n) is 7.09. The molecule has 0 unspecified atom stereocenters. The van der Waals surface area contributed by atoms with Gasteiger partial charge in [0.25, 0.3) is 0 Å². The molecule has 0 radical (unpaired) electrons. The van der Waals surface area contributed by atoms with Gasteiger partial charge in [-0.3, -0.25) is 0 Å². The number of carbonyl (C=O) groups excluding carboxylic acids is 1. The number of benzene rings is 1. The summed E-state index contributed by atoms with van der Waals surface area (Å²) in [6.45, 7) is 6.90. The van der Waals surface area contributed by atoms with E-state index in [9.17, 15) is 9.90 Å². The van der Waals surface area contributed by atoms with E-state index in [1.165, 1.54) is 5.56 Å². The largest absolute Gasteiger partial charge is 0.508 e. The number of fused-ring (bicyclic) bond motifs is 2. The van der Waals surface area contributed by atoms with Crippen LogP contribution in [-0.4, -0.2) is 28.2 Å². The lowest BCUT2D eigenvalue weighted by atomic mass is 9.87. The Hall–Kier alpha value is -1.71. The van der Waals surface area contributed by atoms with Gasteiger partial charge >= 0.3 is 6.09 Å². The monoisotopic (exact) mass is 275 g/mol. The van der Waals surface area contributed by atoms with E-state index in [1.807, 2.05) is 32.9 Å². The fraction of sp³-hybridized carbons (Fsp3) is 0.562. The average Bonchev–Trinajstić information content (AvgIpc) is 3.08. The minimum atomic E-state index is -0.469. The Balaban J connectivity index is 1.86. The Morgan fingerprint density at radius 2 is 2.05 bits per heavy atom. The average molecular weight is 275 g/mol. The molecule has 108 valence electrons. The van der Waals surface area contributed by atoms with Crippen LogP contribution in [0.4, 0.5) is 4.79 Å². The second kappa shape index (κ2) is 4.14. The zero-order valence-electron chi connectivity index (χ0n) is 12.3. The van der Waals surface area contributed by atoms with Gasteiger partial charge in [0.1, 0.15) is 11.4 Å². The van der Waals surface area contributed by atoms with Crippen molar-refractivity contribution in [1.82, 2.24) is 4.90 Å². The van der Waals surface area contributed by atoms with Crippen molar-refractivity contribution in [3.63, 3.8) is 0 Å². The maximum absolute atomic E-state index is 12.3. The van der Waals surface area contributed by atoms with Gasteiger partial charge in [0, 0.05) is 18.5 Å². The molecule has 4 heteroatoms. The lowest BCUT2D eigenvalue weighted by Gasteiger charge is -2.36. The van der Waals surface area contributed by atoms with Gasteiger partial charge in [0.05, 0.1) is 0 Å². The molecule has 0 atom stereocenters. The summed E-state index contributed by atoms with van der Waals surface area (Å²) in [5, 5.41) is 9.67. The lowest BCUT2D eigenvalue weighted by molar-refractivity contribution is 0.0197. The summed E-state index contributed by atoms with van der Waals surface area (Å²) in [5.74, 6) is 0.306. The van der Waals surface area contributed by atoms with Crippen LogP contribution in [0, 0.1) is 0 Å². The molecule has 1 spiro atoms. The highest BCUT2D eigenvalue weighted by atomic mass is 16.6. The van der Waals surface area contributed by atoms with Gasteiger partial charge in [-0.2, -0.15) is 0 Å². The van der Waals surface area contributed by atoms with Gasteiger partial charge in [-0.15, -0.1) is 0 Å². The van der Waals surface area contributed by atoms with Crippen molar-refractivity contribution in [1.29, 1.82) is 0 Å². The van der Waals surface area contributed by atoms with Gasteiger partial charge in [0.2, 0.25) is 0 Å². The number of phenols is 1. The number of nitrogens with zero attached hydrogens (tertiary/aromatic N) is 1. The molecule has 1 fully saturated rings. The standard InChI is InChI=1S/C16H21NO3/c1-15(2,3)20-14(19)17-9-11-4-5-12(18)8-13(11)16(10-17)6-7-16/h4-5,8,18H,6-7,9-10H2,1-3H3. The zero-order chi connectivity index (χ0) is 14.5. The fourth-order valence-electron chi connectivity index (χ4n) is 2.94. The maximum Gasteiger partial charge on any atom is 0.410 e. The molecule has 0 aromatic heterocycles. The molecular formula is C16H21NO3. The Morgan fingerprint density at radius 1 is 1.35 bits per heavy atom. The number of rotatable bonds is 0. The molecule has 1 saturated carbocycles. The quantitative estimate of drug-likeness (QED) is 0.791. The molecule has 1 aromatic carbocycles. The maximum atomic E-state index is 12.3. The predicted molar refractivity (Wildman–Crippen MR) is 75.7 cm³/mol. The van der Waals surface area contributed by atoms with E-state index >= 15 is 0 Å². The highest BCUT2D eigenvalue weighted by molar-refractivity contribution is 5.69. The van der Waals surface area contributed by atoms with Crippen molar-refractivity contribution in [2.24, 2.45) is 0 Å². The first-order valence-corrected chi connectivity index (χ1v) is 7.09. The molecule has 0 bridgehead atoms. The minimum absolute atomic E-state index is 0.0449. The lowest BCUT2D eigenvalue weighted by Crippen LogP contribution is -2.44. The van der Waals surface area contributed by atoms with E-state index in [-0.39, 0.29) is 11.5 Å². The molecule has 1 aromatic rings. The molecule has 1 N–H and O–H groups in total. The normalized spacial score (nSPS) is 19.6. The summed E-state index contributed by atoms with van der Waals surface area (Å²) < 4.78 is 5.47. The van der Waals surface area contributed by atoms with Crippen LogP contribution in [-0.2, 0) is 16.7 Å². The summed E-state index contributed by atoms with van der Waals surface area (Å²) in [5.41, 5.74) is 1.90. The van der Waals surface area contributed by atoms with E-state index in [2.05, 4.69) is 0 Å². The Morgan fingerprint density at radius 3 is 2.65 bits per heavy atom. The Kier molecular flexibility index (Phi) is 2.75. The molecule has 0 saturated heterocycles. The number of hydrogen-bond acceptors (Lipinski definition) is 3. The number of phenolic OH excluding ortho intramolecular Hbond substituents is 1. The van der Waals surface area contributed by atoms with Crippen LogP contribution in [0.25, 0.3) is 0 Å². The molecule has 3 rings (SSSR count). The van der Waals surface area contributed by atoms with Crippen LogP contribution >= 0.6 is 0 Å². The minimum Gasteiger partial charge on any atom is -0.508 e. The highest BCUT2D eigenvalue weighted by Crippen LogP contribution is 2.53. The van der Waals surface area contributed by atoms with E-state index in [4.69, 9.17) is 4.74 Å². The van der Waals surface area contributed by atoms with Gasteiger partial charge < -0.3 is 14.7 Å². The third-order valence-corrected chi connectivity index (χ3v) is 4.02. The number of carbonyl (C=O) groups is 1. The van der Waals surface area contributed by atoms with Crippen molar-refractivity contribution in [2.75, 3.05) is 6.54 Å². The SMILES string of the molecule is CC(C)(C)OC(=O)N1Cc2ccc(O)cc2C2(CC2)C1. The van der Waals surface area contributed by atoms with Gasteiger partial charge in [-0.25, -0.2) is 4.79 Å². The number of hydrogen-bond donors (Lipinski definition) is 1. The van der Waals surface area contributed by atoms with Crippen LogP contribution in [0.1, 0.15) is 44.7 Å². The van der Waals surface area contributed by atoms with Crippen LogP contribution in [0.5, 0.6) is 5.75 Å². The van der Waals surface area contributed by atoms with Crippen molar-refractivity contribution in [2.45, 2.75) is 51.2 Å². The third-order valence-electron chi connectivity index (χ3n) is 4.02. The zero-order valence-corrected chi connectivity index (χ0v) is 12.3. The van der Waals surface area contributed by atoms with Gasteiger partial charge in [-0.1, -0.05) is 6.07 Å². The van der Waals surface area contributed by atoms with Crippen LogP contribution in [0.3, 0.4) is 0 Å². The van der Waals surface area contributed by atoms with E-state index < -0.39 is 5.60 Å². The van der Waals surface area contributed by atoms with Crippen molar-refractivity contribution in [3.05, 3.63) is 29.3 Å². The molecule has 4 nitrogen and oxygen atoms in total. The first-order chi connectivity index (χ1) is 9.29. The van der Waals surface area contributed by atoms with E-state index in [0.717, 1.165) is 18.4 Å². The topological polar surface area (TPSA) is 49.8 Å². The van der Waals surface area contributed by atoms with Gasteiger partial charge in [0.15, 0.2) is 0 Å². The predicted octanol–water partition coefficient (Wildman–Crippen LogP) is 3.17. The summed E-state index contributed by atoms with van der Waals surface area (Å²) in [4.78, 5) is 14.0. The number of ether oxygens (including phenoxy) is 1. The van der Waals surface area contributed by atoms with Gasteiger partial charge in [-0.05, 0) is 56.9 Å². The second-order valence-corrected chi connectivity index (χ2v) is 6.96. The van der Waals surface area contributed by atoms with Crippen molar-refractivity contribution in [3.8, 4) is 5.75 Å². The molecule has 2 aliphatic rings. The first kappa shape index (κ1) is 13.3. The third kappa shape index (κ3) is 2.35. The smallest absolute Gasteiger partial charge is 0.410 e. The molecule has 1 heterocycles. The molecule has 1 amide bonds. The van der Waals surface area contributed by atoms with E-state index in [1.54, 1.807) is 11.0 Å². The molecule has 1 aliphatic carbocycles. The van der Waals surface area contributed by atoms with Crippen molar-refractivity contribution >= 4 is 6.09 Å². The summed E-state index contributed by atoms with van der Waals surface area (Å²) in [7, 11) is 0. The molecular weight excluding hydrogens is 254 g/mol. The van der Waals surface area contributed by atoms with Crippen molar-refractivity contribution < 1.29 is 14.6 Å². The summed E-state index contributed by atoms with van der Waals surface area (Å²) in [6.07, 6.45) is 1.90. The van der Waals surface area contributed by atoms with Crippen LogP contribution in [0.2, 0.25) is 0 Å². The Bertz CT molecular complexity index is 555. The second-order valence-electron chi connectivity index (χ2n) is 6.96. The summed E-state index contributed by atoms with van der Waals surface area (Å²) >= 11 is 0. The fourth-order valence-corrected chi connectivity index (χ4v) is 2.94. The van der Waals surface area contributed by atoms with Crippen LogP contribution < -0.4 is 0 Å². The van der Waals surface area contributed by atoms with E-state index in [0.29, 0.717) is 18.8 Å². The number of aromatic hydroxyl groups is 1. The van der Waals surface area contributed by atoms with Crippen LogP contribution in [0.15, 0.2) is 18.2 Å². The molecule has 20 heavy (non-hydrogen) atoms. The Labute approximate surface area is 119 Å². The highest BCUT2D eigenvalue weighted by Gasteiger charge is 2.50.